The van der Waals surface area contributed by atoms with E-state index < -0.39 is 10.0 Å². The molecule has 1 heterocycles. The van der Waals surface area contributed by atoms with Crippen molar-refractivity contribution in [2.24, 2.45) is 0 Å². The van der Waals surface area contributed by atoms with E-state index >= 15 is 0 Å². The zero-order valence-electron chi connectivity index (χ0n) is 10.1. The van der Waals surface area contributed by atoms with Gasteiger partial charge in [-0.2, -0.15) is 0 Å². The van der Waals surface area contributed by atoms with E-state index in [4.69, 9.17) is 5.11 Å². The standard InChI is InChI=1S/C12H14N2O3S2/c15-9-10-2-1-3-11(8-10)19(16,17)14-5-4-12-13-6-7-18-12/h1-3,6-8,14-15H,4-5,9H2. The molecule has 0 spiro atoms. The highest BCUT2D eigenvalue weighted by molar-refractivity contribution is 7.89. The summed E-state index contributed by atoms with van der Waals surface area (Å²) in [6, 6.07) is 6.26. The molecule has 0 saturated carbocycles. The maximum Gasteiger partial charge on any atom is 0.240 e. The van der Waals surface area contributed by atoms with Crippen LogP contribution in [-0.2, 0) is 23.1 Å². The molecule has 5 nitrogen and oxygen atoms in total. The Labute approximate surface area is 116 Å². The van der Waals surface area contributed by atoms with Crippen molar-refractivity contribution in [3.63, 3.8) is 0 Å². The van der Waals surface area contributed by atoms with Crippen molar-refractivity contribution in [1.29, 1.82) is 0 Å². The molecule has 0 radical (unpaired) electrons. The molecule has 0 amide bonds. The highest BCUT2D eigenvalue weighted by Gasteiger charge is 2.13. The number of benzene rings is 1. The number of nitrogens with zero attached hydrogens (tertiary/aromatic N) is 1. The van der Waals surface area contributed by atoms with Gasteiger partial charge in [0, 0.05) is 24.5 Å². The first-order valence-corrected chi connectivity index (χ1v) is 8.06. The molecule has 7 heteroatoms. The summed E-state index contributed by atoms with van der Waals surface area (Å²) < 4.78 is 26.6. The second-order valence-electron chi connectivity index (χ2n) is 3.88. The molecule has 1 aromatic heterocycles. The predicted molar refractivity (Wildman–Crippen MR) is 73.4 cm³/mol. The molecule has 1 aromatic carbocycles. The van der Waals surface area contributed by atoms with Gasteiger partial charge in [-0.05, 0) is 17.7 Å². The molecule has 0 atom stereocenters. The molecular weight excluding hydrogens is 284 g/mol. The smallest absolute Gasteiger partial charge is 0.240 e. The lowest BCUT2D eigenvalue weighted by molar-refractivity contribution is 0.281. The van der Waals surface area contributed by atoms with E-state index in [1.165, 1.54) is 23.5 Å². The van der Waals surface area contributed by atoms with Crippen molar-refractivity contribution in [2.45, 2.75) is 17.9 Å². The molecule has 19 heavy (non-hydrogen) atoms. The van der Waals surface area contributed by atoms with Crippen LogP contribution in [0.15, 0.2) is 40.7 Å². The van der Waals surface area contributed by atoms with Crippen LogP contribution in [0.5, 0.6) is 0 Å². The molecule has 102 valence electrons. The van der Waals surface area contributed by atoms with Gasteiger partial charge in [0.05, 0.1) is 16.5 Å². The zero-order chi connectivity index (χ0) is 13.7. The minimum atomic E-state index is -3.53. The van der Waals surface area contributed by atoms with Gasteiger partial charge in [-0.1, -0.05) is 12.1 Å². The van der Waals surface area contributed by atoms with E-state index in [1.807, 2.05) is 5.38 Å². The van der Waals surface area contributed by atoms with Crippen molar-refractivity contribution < 1.29 is 13.5 Å². The Balaban J connectivity index is 2.01. The summed E-state index contributed by atoms with van der Waals surface area (Å²) in [5.74, 6) is 0. The van der Waals surface area contributed by atoms with Crippen molar-refractivity contribution in [2.75, 3.05) is 6.54 Å². The summed E-state index contributed by atoms with van der Waals surface area (Å²) in [4.78, 5) is 4.25. The molecule has 2 N–H and O–H groups in total. The predicted octanol–water partition coefficient (Wildman–Crippen LogP) is 1.16. The largest absolute Gasteiger partial charge is 0.392 e. The van der Waals surface area contributed by atoms with Crippen molar-refractivity contribution >= 4 is 21.4 Å². The minimum absolute atomic E-state index is 0.165. The Kier molecular flexibility index (Phi) is 4.65. The average molecular weight is 298 g/mol. The average Bonchev–Trinajstić information content (AvgIpc) is 2.92. The van der Waals surface area contributed by atoms with Crippen molar-refractivity contribution in [1.82, 2.24) is 9.71 Å². The Hall–Kier alpha value is -1.28. The monoisotopic (exact) mass is 298 g/mol. The first-order valence-electron chi connectivity index (χ1n) is 5.69. The molecule has 0 fully saturated rings. The lowest BCUT2D eigenvalue weighted by atomic mass is 10.2. The third kappa shape index (κ3) is 3.84. The van der Waals surface area contributed by atoms with Crippen molar-refractivity contribution in [3.8, 4) is 0 Å². The van der Waals surface area contributed by atoms with Crippen LogP contribution in [0.25, 0.3) is 0 Å². The molecule has 0 bridgehead atoms. The Morgan fingerprint density at radius 1 is 1.37 bits per heavy atom. The Morgan fingerprint density at radius 2 is 2.21 bits per heavy atom. The van der Waals surface area contributed by atoms with Gasteiger partial charge in [0.2, 0.25) is 10.0 Å². The summed E-state index contributed by atoms with van der Waals surface area (Å²) in [6.45, 7) is 0.127. The quantitative estimate of drug-likeness (QED) is 0.838. The fourth-order valence-electron chi connectivity index (χ4n) is 1.56. The molecular formula is C12H14N2O3S2. The summed E-state index contributed by atoms with van der Waals surface area (Å²) in [6.07, 6.45) is 2.26. The van der Waals surface area contributed by atoms with Crippen LogP contribution in [0.3, 0.4) is 0 Å². The second-order valence-corrected chi connectivity index (χ2v) is 6.63. The number of aliphatic hydroxyl groups excluding tert-OH is 1. The number of sulfonamides is 1. The number of nitrogens with one attached hydrogen (secondary N) is 1. The van der Waals surface area contributed by atoms with E-state index in [9.17, 15) is 8.42 Å². The van der Waals surface area contributed by atoms with Crippen LogP contribution in [0, 0.1) is 0 Å². The molecule has 2 aromatic rings. The first-order chi connectivity index (χ1) is 9.12. The lowest BCUT2D eigenvalue weighted by Crippen LogP contribution is -2.26. The number of thiazole rings is 1. The highest BCUT2D eigenvalue weighted by Crippen LogP contribution is 2.11. The zero-order valence-corrected chi connectivity index (χ0v) is 11.7. The van der Waals surface area contributed by atoms with Crippen LogP contribution < -0.4 is 4.72 Å². The molecule has 0 aliphatic rings. The van der Waals surface area contributed by atoms with Gasteiger partial charge in [-0.25, -0.2) is 18.1 Å². The maximum absolute atomic E-state index is 12.0. The molecule has 0 aliphatic carbocycles. The van der Waals surface area contributed by atoms with Crippen LogP contribution in [-0.4, -0.2) is 25.1 Å². The maximum atomic E-state index is 12.0. The summed E-state index contributed by atoms with van der Waals surface area (Å²) in [7, 11) is -3.53. The Bertz CT molecular complexity index is 624. The SMILES string of the molecule is O=S(=O)(NCCc1nccs1)c1cccc(CO)c1. The topological polar surface area (TPSA) is 79.3 Å². The summed E-state index contributed by atoms with van der Waals surface area (Å²) >= 11 is 1.50. The highest BCUT2D eigenvalue weighted by atomic mass is 32.2. The fourth-order valence-corrected chi connectivity index (χ4v) is 3.29. The number of aliphatic hydroxyl groups is 1. The van der Waals surface area contributed by atoms with Gasteiger partial charge in [-0.3, -0.25) is 0 Å². The second kappa shape index (κ2) is 6.25. The van der Waals surface area contributed by atoms with Gasteiger partial charge >= 0.3 is 0 Å². The fraction of sp³-hybridized carbons (Fsp3) is 0.250. The van der Waals surface area contributed by atoms with Crippen LogP contribution in [0.4, 0.5) is 0 Å². The summed E-state index contributed by atoms with van der Waals surface area (Å²) in [5, 5.41) is 11.8. The molecule has 0 unspecified atom stereocenters. The van der Waals surface area contributed by atoms with Gasteiger partial charge in [0.15, 0.2) is 0 Å². The first kappa shape index (κ1) is 14.1. The Morgan fingerprint density at radius 3 is 2.89 bits per heavy atom. The minimum Gasteiger partial charge on any atom is -0.392 e. The molecule has 0 saturated heterocycles. The van der Waals surface area contributed by atoms with Gasteiger partial charge in [-0.15, -0.1) is 11.3 Å². The van der Waals surface area contributed by atoms with Gasteiger partial charge < -0.3 is 5.11 Å². The van der Waals surface area contributed by atoms with Gasteiger partial charge in [0.1, 0.15) is 0 Å². The normalized spacial score (nSPS) is 11.6. The van der Waals surface area contributed by atoms with E-state index in [2.05, 4.69) is 9.71 Å². The number of hydrogen-bond acceptors (Lipinski definition) is 5. The number of rotatable bonds is 6. The van der Waals surface area contributed by atoms with Crippen molar-refractivity contribution in [3.05, 3.63) is 46.4 Å². The number of hydrogen-bond donors (Lipinski definition) is 2. The van der Waals surface area contributed by atoms with Crippen LogP contribution in [0.1, 0.15) is 10.6 Å². The third-order valence-electron chi connectivity index (χ3n) is 2.51. The van der Waals surface area contributed by atoms with Crippen LogP contribution in [0.2, 0.25) is 0 Å². The third-order valence-corrected chi connectivity index (χ3v) is 4.80. The van der Waals surface area contributed by atoms with E-state index in [0.717, 1.165) is 5.01 Å². The van der Waals surface area contributed by atoms with E-state index in [1.54, 1.807) is 18.3 Å². The summed E-state index contributed by atoms with van der Waals surface area (Å²) in [5.41, 5.74) is 0.572. The van der Waals surface area contributed by atoms with E-state index in [-0.39, 0.29) is 11.5 Å². The molecule has 0 aliphatic heterocycles. The van der Waals surface area contributed by atoms with E-state index in [0.29, 0.717) is 18.5 Å². The van der Waals surface area contributed by atoms with Gasteiger partial charge in [0.25, 0.3) is 0 Å². The molecule has 2 rings (SSSR count). The lowest BCUT2D eigenvalue weighted by Gasteiger charge is -2.07. The number of aromatic nitrogens is 1. The van der Waals surface area contributed by atoms with Crippen LogP contribution >= 0.6 is 11.3 Å².